The van der Waals surface area contributed by atoms with Crippen molar-refractivity contribution in [2.75, 3.05) is 32.8 Å². The number of piperidine rings is 1. The Morgan fingerprint density at radius 1 is 0.925 bits per heavy atom. The smallest absolute Gasteiger partial charge is 0.320 e. The molecule has 2 saturated heterocycles. The number of aliphatic hydroxyl groups is 1. The third-order valence-electron chi connectivity index (χ3n) is 10.2. The van der Waals surface area contributed by atoms with E-state index in [1.165, 1.54) is 6.20 Å². The standard InChI is InChI=1S/C42H47ClN4O6/c1-28-32(8-5-9-35(28)36-10-6-12-39(29(36)2)51-17-7-14-46-16-13-34(48)25-46)27-53-41-20-40(52-26-31-18-30(21-44)22-45-23-31)33(19-37(41)43)24-47-15-4-3-11-38(47)42(49)50/h5-6,8-10,12,18-20,22-23,34,38,48H,3-4,7,11,13-17,24-27H2,1-2H3,(H,49,50)/t34-,38-/m0/s1. The number of hydrogen-bond acceptors (Lipinski definition) is 9. The van der Waals surface area contributed by atoms with Crippen molar-refractivity contribution in [2.24, 2.45) is 0 Å². The van der Waals surface area contributed by atoms with Crippen LogP contribution >= 0.6 is 11.6 Å². The molecular formula is C42H47ClN4O6. The summed E-state index contributed by atoms with van der Waals surface area (Å²) < 4.78 is 18.9. The van der Waals surface area contributed by atoms with Crippen molar-refractivity contribution in [1.29, 1.82) is 5.26 Å². The summed E-state index contributed by atoms with van der Waals surface area (Å²) in [6.07, 6.45) is 7.06. The van der Waals surface area contributed by atoms with E-state index in [4.69, 9.17) is 25.8 Å². The van der Waals surface area contributed by atoms with Crippen LogP contribution in [0.4, 0.5) is 0 Å². The summed E-state index contributed by atoms with van der Waals surface area (Å²) in [5, 5.41) is 29.4. The number of likely N-dealkylation sites (tertiary alicyclic amines) is 2. The Morgan fingerprint density at radius 3 is 2.49 bits per heavy atom. The van der Waals surface area contributed by atoms with Gasteiger partial charge in [0.1, 0.15) is 42.6 Å². The summed E-state index contributed by atoms with van der Waals surface area (Å²) in [6, 6.07) is 19.2. The van der Waals surface area contributed by atoms with Crippen LogP contribution in [-0.4, -0.2) is 75.9 Å². The van der Waals surface area contributed by atoms with E-state index in [-0.39, 0.29) is 19.3 Å². The number of rotatable bonds is 15. The summed E-state index contributed by atoms with van der Waals surface area (Å²) in [6.45, 7) is 8.81. The first-order chi connectivity index (χ1) is 25.7. The molecule has 0 aliphatic carbocycles. The number of β-amino-alcohol motifs (C(OH)–C–C–N with tert-alkyl or cyclic N) is 1. The molecule has 0 saturated carbocycles. The Balaban J connectivity index is 1.18. The van der Waals surface area contributed by atoms with E-state index in [2.05, 4.69) is 41.9 Å². The molecule has 11 heteroatoms. The largest absolute Gasteiger partial charge is 0.493 e. The molecule has 2 aliphatic rings. The molecular weight excluding hydrogens is 692 g/mol. The first-order valence-corrected chi connectivity index (χ1v) is 18.7. The maximum Gasteiger partial charge on any atom is 0.320 e. The summed E-state index contributed by atoms with van der Waals surface area (Å²) >= 11 is 6.85. The Kier molecular flexibility index (Phi) is 12.9. The minimum atomic E-state index is -0.834. The van der Waals surface area contributed by atoms with Crippen LogP contribution in [0.2, 0.25) is 5.02 Å². The number of aliphatic hydroxyl groups excluding tert-OH is 1. The van der Waals surface area contributed by atoms with Crippen molar-refractivity contribution in [1.82, 2.24) is 14.8 Å². The van der Waals surface area contributed by atoms with Crippen molar-refractivity contribution < 1.29 is 29.2 Å². The van der Waals surface area contributed by atoms with Crippen LogP contribution in [0.15, 0.2) is 67.0 Å². The molecule has 2 N–H and O–H groups in total. The van der Waals surface area contributed by atoms with Crippen LogP contribution in [0.1, 0.15) is 65.5 Å². The zero-order chi connectivity index (χ0) is 37.3. The number of carboxylic acids is 1. The average Bonchev–Trinajstić information content (AvgIpc) is 3.58. The predicted octanol–water partition coefficient (Wildman–Crippen LogP) is 7.32. The molecule has 4 aromatic rings. The molecule has 0 spiro atoms. The number of nitrogens with zero attached hydrogens (tertiary/aromatic N) is 4. The number of ether oxygens (including phenoxy) is 3. The van der Waals surface area contributed by atoms with Gasteiger partial charge in [0, 0.05) is 55.8 Å². The van der Waals surface area contributed by atoms with Crippen LogP contribution in [0.3, 0.4) is 0 Å². The zero-order valence-corrected chi connectivity index (χ0v) is 31.1. The van der Waals surface area contributed by atoms with E-state index in [1.54, 1.807) is 24.4 Å². The van der Waals surface area contributed by atoms with Gasteiger partial charge in [-0.05, 0) is 92.1 Å². The number of aliphatic carboxylic acids is 1. The van der Waals surface area contributed by atoms with Gasteiger partial charge in [0.05, 0.1) is 23.3 Å². The normalized spacial score (nSPS) is 17.7. The Morgan fingerprint density at radius 2 is 1.72 bits per heavy atom. The Labute approximate surface area is 316 Å². The molecule has 6 rings (SSSR count). The number of pyridine rings is 1. The van der Waals surface area contributed by atoms with E-state index < -0.39 is 12.0 Å². The number of carbonyl (C=O) groups is 1. The van der Waals surface area contributed by atoms with Crippen LogP contribution in [-0.2, 0) is 24.6 Å². The molecule has 3 aromatic carbocycles. The first-order valence-electron chi connectivity index (χ1n) is 18.3. The number of nitriles is 1. The molecule has 3 heterocycles. The third kappa shape index (κ3) is 9.67. The highest BCUT2D eigenvalue weighted by Crippen LogP contribution is 2.37. The van der Waals surface area contributed by atoms with Gasteiger partial charge in [-0.25, -0.2) is 0 Å². The van der Waals surface area contributed by atoms with Crippen LogP contribution in [0.5, 0.6) is 17.2 Å². The van der Waals surface area contributed by atoms with Crippen molar-refractivity contribution in [3.63, 3.8) is 0 Å². The molecule has 278 valence electrons. The van der Waals surface area contributed by atoms with Gasteiger partial charge in [-0.1, -0.05) is 48.4 Å². The summed E-state index contributed by atoms with van der Waals surface area (Å²) in [5.74, 6) is 0.999. The molecule has 0 radical (unpaired) electrons. The highest BCUT2D eigenvalue weighted by molar-refractivity contribution is 6.32. The summed E-state index contributed by atoms with van der Waals surface area (Å²) in [4.78, 5) is 20.5. The SMILES string of the molecule is Cc1c(COc2cc(OCc3cncc(C#N)c3)c(CN3CCCC[C@H]3C(=O)O)cc2Cl)cccc1-c1cccc(OCCCN2CC[C@H](O)C2)c1C. The van der Waals surface area contributed by atoms with Crippen LogP contribution in [0.25, 0.3) is 11.1 Å². The van der Waals surface area contributed by atoms with Crippen molar-refractivity contribution in [3.8, 4) is 34.4 Å². The molecule has 1 aromatic heterocycles. The molecule has 2 fully saturated rings. The van der Waals surface area contributed by atoms with Crippen LogP contribution in [0, 0.1) is 25.2 Å². The van der Waals surface area contributed by atoms with Gasteiger partial charge in [-0.3, -0.25) is 14.7 Å². The van der Waals surface area contributed by atoms with Gasteiger partial charge in [-0.2, -0.15) is 5.26 Å². The Hall–Kier alpha value is -4.66. The molecule has 0 amide bonds. The molecule has 2 atom stereocenters. The first kappa shape index (κ1) is 38.1. The minimum absolute atomic E-state index is 0.158. The Bertz CT molecular complexity index is 1950. The monoisotopic (exact) mass is 738 g/mol. The fourth-order valence-corrected chi connectivity index (χ4v) is 7.49. The lowest BCUT2D eigenvalue weighted by Gasteiger charge is -2.33. The zero-order valence-electron chi connectivity index (χ0n) is 30.4. The topological polar surface area (TPSA) is 128 Å². The quantitative estimate of drug-likeness (QED) is 0.120. The lowest BCUT2D eigenvalue weighted by atomic mass is 9.93. The minimum Gasteiger partial charge on any atom is -0.493 e. The molecule has 0 unspecified atom stereocenters. The number of benzene rings is 3. The number of halogens is 1. The lowest BCUT2D eigenvalue weighted by Crippen LogP contribution is -2.44. The van der Waals surface area contributed by atoms with Gasteiger partial charge < -0.3 is 29.3 Å². The maximum absolute atomic E-state index is 12.1. The second-order valence-corrected chi connectivity index (χ2v) is 14.4. The van der Waals surface area contributed by atoms with Crippen molar-refractivity contribution in [3.05, 3.63) is 105 Å². The van der Waals surface area contributed by atoms with E-state index in [0.29, 0.717) is 48.2 Å². The highest BCUT2D eigenvalue weighted by atomic mass is 35.5. The van der Waals surface area contributed by atoms with Crippen LogP contribution < -0.4 is 14.2 Å². The predicted molar refractivity (Wildman–Crippen MR) is 203 cm³/mol. The lowest BCUT2D eigenvalue weighted by molar-refractivity contribution is -0.144. The fraction of sp³-hybridized carbons (Fsp3) is 0.405. The number of carboxylic acid groups (broad SMARTS) is 1. The number of aromatic nitrogens is 1. The van der Waals surface area contributed by atoms with Gasteiger partial charge in [-0.15, -0.1) is 0 Å². The second kappa shape index (κ2) is 17.9. The number of hydrogen-bond donors (Lipinski definition) is 2. The van der Waals surface area contributed by atoms with E-state index in [1.807, 2.05) is 29.2 Å². The van der Waals surface area contributed by atoms with Gasteiger partial charge >= 0.3 is 5.97 Å². The van der Waals surface area contributed by atoms with Gasteiger partial charge in [0.25, 0.3) is 0 Å². The van der Waals surface area contributed by atoms with E-state index in [0.717, 1.165) is 90.0 Å². The maximum atomic E-state index is 12.1. The second-order valence-electron chi connectivity index (χ2n) is 13.9. The van der Waals surface area contributed by atoms with E-state index in [9.17, 15) is 20.3 Å². The molecule has 2 aliphatic heterocycles. The average molecular weight is 739 g/mol. The van der Waals surface area contributed by atoms with E-state index >= 15 is 0 Å². The summed E-state index contributed by atoms with van der Waals surface area (Å²) in [7, 11) is 0. The fourth-order valence-electron chi connectivity index (χ4n) is 7.25. The van der Waals surface area contributed by atoms with Gasteiger partial charge in [0.2, 0.25) is 0 Å². The van der Waals surface area contributed by atoms with Gasteiger partial charge in [0.15, 0.2) is 0 Å². The summed E-state index contributed by atoms with van der Waals surface area (Å²) in [5.41, 5.74) is 7.26. The van der Waals surface area contributed by atoms with Crippen molar-refractivity contribution >= 4 is 17.6 Å². The van der Waals surface area contributed by atoms with Crippen molar-refractivity contribution in [2.45, 2.75) is 77.9 Å². The molecule has 53 heavy (non-hydrogen) atoms. The highest BCUT2D eigenvalue weighted by Gasteiger charge is 2.29. The molecule has 10 nitrogen and oxygen atoms in total. The third-order valence-corrected chi connectivity index (χ3v) is 10.5. The molecule has 0 bridgehead atoms.